The molecule has 0 saturated heterocycles. The minimum absolute atomic E-state index is 0. The van der Waals surface area contributed by atoms with Crippen molar-refractivity contribution in [3.05, 3.63) is 102 Å². The van der Waals surface area contributed by atoms with Gasteiger partial charge >= 0.3 is 35.5 Å². The fourth-order valence-electron chi connectivity index (χ4n) is 3.27. The first-order chi connectivity index (χ1) is 15.0. The van der Waals surface area contributed by atoms with Crippen molar-refractivity contribution in [2.45, 2.75) is 0 Å². The molecule has 0 saturated carbocycles. The van der Waals surface area contributed by atoms with E-state index in [1.54, 1.807) is 42.6 Å². The number of nitrogens with one attached hydrogen (secondary N) is 1. The van der Waals surface area contributed by atoms with Crippen LogP contribution in [0.4, 0.5) is 5.69 Å². The summed E-state index contributed by atoms with van der Waals surface area (Å²) in [5.41, 5.74) is 3.16. The Bertz CT molecular complexity index is 1280. The Morgan fingerprint density at radius 2 is 1.53 bits per heavy atom. The number of anilines is 1. The van der Waals surface area contributed by atoms with E-state index >= 15 is 0 Å². The third kappa shape index (κ3) is 5.06. The topological polar surface area (TPSA) is 99.5 Å². The van der Waals surface area contributed by atoms with E-state index in [-0.39, 0.29) is 48.0 Å². The van der Waals surface area contributed by atoms with E-state index in [0.29, 0.717) is 16.7 Å². The molecule has 1 amide bonds. The van der Waals surface area contributed by atoms with E-state index in [1.165, 1.54) is 18.3 Å². The van der Waals surface area contributed by atoms with Crippen molar-refractivity contribution in [3.8, 4) is 28.0 Å². The summed E-state index contributed by atoms with van der Waals surface area (Å²) in [6.07, 6.45) is 3.09. The number of para-hydroxylation sites is 1. The number of aromatic hydroxyl groups is 1. The van der Waals surface area contributed by atoms with Crippen molar-refractivity contribution in [1.29, 1.82) is 0 Å². The predicted molar refractivity (Wildman–Crippen MR) is 119 cm³/mol. The van der Waals surface area contributed by atoms with Gasteiger partial charge in [-0.05, 0) is 35.4 Å². The Hall–Kier alpha value is -3.45. The summed E-state index contributed by atoms with van der Waals surface area (Å²) in [6, 6.07) is 22.5. The molecule has 1 heterocycles. The van der Waals surface area contributed by atoms with Gasteiger partial charge in [-0.1, -0.05) is 54.6 Å². The number of carboxylic acids is 1. The Morgan fingerprint density at radius 3 is 2.25 bits per heavy atom. The molecule has 0 radical (unpaired) electrons. The first-order valence-corrected chi connectivity index (χ1v) is 9.50. The van der Waals surface area contributed by atoms with Gasteiger partial charge in [0, 0.05) is 23.5 Å². The first-order valence-electron chi connectivity index (χ1n) is 9.50. The van der Waals surface area contributed by atoms with Crippen LogP contribution >= 0.6 is 0 Å². The number of carboxylic acid groups (broad SMARTS) is 1. The molecular formula is C25H19N2NaO4. The van der Waals surface area contributed by atoms with Crippen LogP contribution in [0.5, 0.6) is 5.75 Å². The maximum absolute atomic E-state index is 12.9. The monoisotopic (exact) mass is 434 g/mol. The number of carbonyl (C=O) groups excluding carboxylic acids is 1. The van der Waals surface area contributed by atoms with Gasteiger partial charge in [-0.2, -0.15) is 0 Å². The Kier molecular flexibility index (Phi) is 7.43. The molecule has 3 N–H and O–H groups in total. The molecule has 3 aromatic carbocycles. The van der Waals surface area contributed by atoms with Gasteiger partial charge in [0.15, 0.2) is 0 Å². The van der Waals surface area contributed by atoms with Gasteiger partial charge in [-0.25, -0.2) is 4.79 Å². The van der Waals surface area contributed by atoms with Crippen molar-refractivity contribution >= 4 is 17.6 Å². The number of hydrogen-bond donors (Lipinski definition) is 3. The van der Waals surface area contributed by atoms with E-state index < -0.39 is 11.9 Å². The van der Waals surface area contributed by atoms with Crippen LogP contribution in [-0.2, 0) is 0 Å². The third-order valence-electron chi connectivity index (χ3n) is 4.82. The Balaban J connectivity index is 0.00000193. The zero-order valence-electron chi connectivity index (χ0n) is 18.3. The molecule has 1 aromatic heterocycles. The Labute approximate surface area is 208 Å². The number of rotatable bonds is 5. The molecule has 0 aliphatic heterocycles. The van der Waals surface area contributed by atoms with Crippen LogP contribution in [0.1, 0.15) is 22.1 Å². The van der Waals surface area contributed by atoms with Crippen LogP contribution in [0.15, 0.2) is 91.3 Å². The molecule has 7 heteroatoms. The van der Waals surface area contributed by atoms with E-state index in [2.05, 4.69) is 10.3 Å². The summed E-state index contributed by atoms with van der Waals surface area (Å²) in [6.45, 7) is 0. The number of pyridine rings is 1. The number of hydrogen-bond acceptors (Lipinski definition) is 4. The van der Waals surface area contributed by atoms with E-state index in [0.717, 1.165) is 11.1 Å². The Morgan fingerprint density at radius 1 is 0.812 bits per heavy atom. The number of nitrogens with zero attached hydrogens (tertiary/aromatic N) is 1. The molecule has 0 spiro atoms. The molecule has 0 bridgehead atoms. The summed E-state index contributed by atoms with van der Waals surface area (Å²) in [7, 11) is 0. The number of aromatic carboxylic acids is 1. The van der Waals surface area contributed by atoms with Crippen LogP contribution in [0.3, 0.4) is 0 Å². The molecule has 0 aliphatic carbocycles. The zero-order chi connectivity index (χ0) is 21.8. The second kappa shape index (κ2) is 10.2. The minimum Gasteiger partial charge on any atom is -1.00 e. The molecule has 6 nitrogen and oxygen atoms in total. The summed E-state index contributed by atoms with van der Waals surface area (Å²) in [5.74, 6) is -1.60. The number of amides is 1. The molecule has 32 heavy (non-hydrogen) atoms. The molecular weight excluding hydrogens is 415 g/mol. The van der Waals surface area contributed by atoms with Crippen molar-refractivity contribution in [2.24, 2.45) is 0 Å². The molecule has 0 atom stereocenters. The second-order valence-electron chi connectivity index (χ2n) is 6.87. The van der Waals surface area contributed by atoms with Crippen LogP contribution < -0.4 is 34.9 Å². The zero-order valence-corrected chi connectivity index (χ0v) is 19.3. The van der Waals surface area contributed by atoms with Crippen LogP contribution in [0, 0.1) is 0 Å². The molecule has 154 valence electrons. The predicted octanol–water partition coefficient (Wildman–Crippen LogP) is 2.19. The van der Waals surface area contributed by atoms with Gasteiger partial charge in [0.1, 0.15) is 5.75 Å². The van der Waals surface area contributed by atoms with Gasteiger partial charge in [-0.15, -0.1) is 0 Å². The van der Waals surface area contributed by atoms with Gasteiger partial charge < -0.3 is 17.0 Å². The smallest absolute Gasteiger partial charge is 1.00 e. The first kappa shape index (κ1) is 23.2. The van der Waals surface area contributed by atoms with Gasteiger partial charge in [-0.3, -0.25) is 9.78 Å². The van der Waals surface area contributed by atoms with Crippen LogP contribution in [0.2, 0.25) is 0 Å². The van der Waals surface area contributed by atoms with Crippen LogP contribution in [0.25, 0.3) is 22.3 Å². The largest absolute Gasteiger partial charge is 1.00 e. The van der Waals surface area contributed by atoms with Gasteiger partial charge in [0.2, 0.25) is 0 Å². The average molecular weight is 434 g/mol. The number of phenols is 1. The number of benzene rings is 3. The molecule has 4 rings (SSSR count). The normalized spacial score (nSPS) is 10.1. The fourth-order valence-corrected chi connectivity index (χ4v) is 3.27. The second-order valence-corrected chi connectivity index (χ2v) is 6.87. The van der Waals surface area contributed by atoms with Crippen molar-refractivity contribution in [1.82, 2.24) is 4.98 Å². The minimum atomic E-state index is -1.17. The summed E-state index contributed by atoms with van der Waals surface area (Å²) in [4.78, 5) is 28.7. The standard InChI is InChI=1S/C25H18N2O4.Na.H/c28-23-9-5-4-8-20(23)17-10-11-21(25(30)31)22(13-17)27-24(29)19-12-18(14-26-15-19)16-6-2-1-3-7-16;;/h1-15,28H,(H,27,29)(H,30,31);;/q;+1;-1. The van der Waals surface area contributed by atoms with Crippen molar-refractivity contribution < 1.29 is 50.8 Å². The fraction of sp³-hybridized carbons (Fsp3) is 0. The van der Waals surface area contributed by atoms with Crippen LogP contribution in [-0.4, -0.2) is 27.1 Å². The maximum Gasteiger partial charge on any atom is 1.00 e. The van der Waals surface area contributed by atoms with E-state index in [1.807, 2.05) is 30.3 Å². The van der Waals surface area contributed by atoms with Crippen molar-refractivity contribution in [3.63, 3.8) is 0 Å². The summed E-state index contributed by atoms with van der Waals surface area (Å²) >= 11 is 0. The average Bonchev–Trinajstić information content (AvgIpc) is 2.80. The van der Waals surface area contributed by atoms with Crippen molar-refractivity contribution in [2.75, 3.05) is 5.32 Å². The maximum atomic E-state index is 12.9. The third-order valence-corrected chi connectivity index (χ3v) is 4.82. The SMILES string of the molecule is O=C(Nc1cc(-c2ccccc2O)ccc1C(=O)O)c1cncc(-c2ccccc2)c1.[H-].[Na+]. The van der Waals surface area contributed by atoms with Gasteiger partial charge in [0.05, 0.1) is 16.8 Å². The number of carbonyl (C=O) groups is 2. The molecule has 0 fully saturated rings. The molecule has 0 aliphatic rings. The van der Waals surface area contributed by atoms with Gasteiger partial charge in [0.25, 0.3) is 5.91 Å². The number of phenolic OH excluding ortho intramolecular Hbond substituents is 1. The van der Waals surface area contributed by atoms with E-state index in [9.17, 15) is 19.8 Å². The molecule has 0 unspecified atom stereocenters. The summed E-state index contributed by atoms with van der Waals surface area (Å²) < 4.78 is 0. The molecule has 4 aromatic rings. The quantitative estimate of drug-likeness (QED) is 0.418. The summed E-state index contributed by atoms with van der Waals surface area (Å²) in [5, 5.41) is 22.3. The number of aromatic nitrogens is 1. The van der Waals surface area contributed by atoms with E-state index in [4.69, 9.17) is 0 Å².